The highest BCUT2D eigenvalue weighted by Crippen LogP contribution is 1.97. The molecule has 4 atom stereocenters. The minimum absolute atomic E-state index is 0.0231. The number of guanidine groups is 1. The molecule has 0 amide bonds. The lowest BCUT2D eigenvalue weighted by Gasteiger charge is -2.06. The molecule has 0 saturated carbocycles. The topological polar surface area (TPSA) is 442 Å². The van der Waals surface area contributed by atoms with Gasteiger partial charge in [0.15, 0.2) is 5.96 Å². The van der Waals surface area contributed by atoms with Crippen LogP contribution < -0.4 is 45.5 Å². The van der Waals surface area contributed by atoms with Gasteiger partial charge in [0.1, 0.15) is 24.2 Å². The van der Waals surface area contributed by atoms with Crippen molar-refractivity contribution < 1.29 is 59.4 Å². The molecule has 0 aromatic heterocycles. The average molecular weight is 632 g/mol. The van der Waals surface area contributed by atoms with Gasteiger partial charge in [-0.3, -0.25) is 34.2 Å². The Hall–Kier alpha value is -4.15. The third-order valence-corrected chi connectivity index (χ3v) is 4.16. The Balaban J connectivity index is -0.000000144. The summed E-state index contributed by atoms with van der Waals surface area (Å²) >= 11 is 0. The number of aliphatic carboxylic acids is 6. The third-order valence-electron chi connectivity index (χ3n) is 4.16. The normalized spacial score (nSPS) is 12.1. The molecule has 0 unspecified atom stereocenters. The first-order valence-corrected chi connectivity index (χ1v) is 12.5. The highest BCUT2D eigenvalue weighted by Gasteiger charge is 2.12. The van der Waals surface area contributed by atoms with Gasteiger partial charge in [0.25, 0.3) is 0 Å². The Kier molecular flexibility index (Phi) is 36.6. The zero-order chi connectivity index (χ0) is 35.1. The quantitative estimate of drug-likeness (QED) is 0.0437. The molecular weight excluding hydrogens is 582 g/mol. The van der Waals surface area contributed by atoms with E-state index in [1.807, 2.05) is 0 Å². The molecule has 0 heterocycles. The summed E-state index contributed by atoms with van der Waals surface area (Å²) in [6.07, 6.45) is 2.91. The van der Waals surface area contributed by atoms with Crippen LogP contribution in [0.3, 0.4) is 0 Å². The van der Waals surface area contributed by atoms with Crippen molar-refractivity contribution in [3.05, 3.63) is 0 Å². The minimum Gasteiger partial charge on any atom is -0.481 e. The fourth-order valence-corrected chi connectivity index (χ4v) is 1.70. The van der Waals surface area contributed by atoms with Crippen LogP contribution in [0.2, 0.25) is 0 Å². The van der Waals surface area contributed by atoms with Gasteiger partial charge in [0.05, 0.1) is 6.54 Å². The lowest BCUT2D eigenvalue weighted by atomic mass is 10.1. The molecule has 254 valence electrons. The minimum atomic E-state index is -1.17. The third kappa shape index (κ3) is 51.1. The highest BCUT2D eigenvalue weighted by atomic mass is 16.4. The van der Waals surface area contributed by atoms with Crippen molar-refractivity contribution in [2.75, 3.05) is 19.6 Å². The van der Waals surface area contributed by atoms with Gasteiger partial charge in [-0.05, 0) is 45.6 Å². The second kappa shape index (κ2) is 32.4. The van der Waals surface area contributed by atoms with Crippen LogP contribution in [0.5, 0.6) is 0 Å². The molecule has 0 radical (unpaired) electrons. The standard InChI is InChI=1S/C6H14N4O2.C6H14N2O2.C5H9NO4.C3H7NO2.C2H5NO2/c7-4(5(11)12)2-1-3-10-6(8)9;7-4-2-1-3-5(8)6(9)10;6-3(5(9)10)1-2-4(7)8;1-2(4)3(5)6;3-1-2(4)5/h4H,1-3,7H2,(H,11,12)(H4,8,9,10);5H,1-4,7-8H2,(H,9,10);3H,1-2,6H2,(H,7,8)(H,9,10);2H,4H2,1H3,(H,5,6);1,3H2,(H,4,5)/t4-;5-;3-;2-;/m0000./s1. The number of unbranched alkanes of at least 4 members (excludes halogenated alkanes) is 1. The summed E-state index contributed by atoms with van der Waals surface area (Å²) in [6, 6.07) is -3.33. The summed E-state index contributed by atoms with van der Waals surface area (Å²) in [6.45, 7) is 2.23. The fourth-order valence-electron chi connectivity index (χ4n) is 1.70. The van der Waals surface area contributed by atoms with Crippen molar-refractivity contribution >= 4 is 41.8 Å². The van der Waals surface area contributed by atoms with E-state index in [1.54, 1.807) is 0 Å². The molecule has 22 N–H and O–H groups in total. The Morgan fingerprint density at radius 3 is 1.26 bits per heavy atom. The van der Waals surface area contributed by atoms with Crippen molar-refractivity contribution in [2.24, 2.45) is 40.1 Å². The van der Waals surface area contributed by atoms with Crippen molar-refractivity contribution in [3.63, 3.8) is 0 Å². The molecule has 0 rings (SSSR count). The molecule has 0 aromatic rings. The molecule has 0 aliphatic carbocycles. The summed E-state index contributed by atoms with van der Waals surface area (Å²) in [5, 5.41) is 57.8. The highest BCUT2D eigenvalue weighted by molar-refractivity contribution is 5.75. The number of hydrogen-bond donors (Lipinski definition) is 15. The van der Waals surface area contributed by atoms with E-state index >= 15 is 0 Å². The fraction of sp³-hybridized carbons (Fsp3) is 0.682. The van der Waals surface area contributed by atoms with E-state index in [0.29, 0.717) is 32.4 Å². The molecule has 0 aliphatic heterocycles. The Labute approximate surface area is 248 Å². The number of carboxylic acids is 6. The van der Waals surface area contributed by atoms with Gasteiger partial charge in [0.2, 0.25) is 0 Å². The lowest BCUT2D eigenvalue weighted by molar-refractivity contribution is -0.141. The SMILES string of the molecule is C[C@H](N)C(=O)O.N=C(N)NCCC[C@H](N)C(=O)O.NCC(=O)O.NCCCC[C@H](N)C(=O)O.N[C@@H](CCC(=O)O)C(=O)O. The second-order valence-electron chi connectivity index (χ2n) is 8.26. The van der Waals surface area contributed by atoms with Crippen molar-refractivity contribution in [1.29, 1.82) is 5.41 Å². The maximum absolute atomic E-state index is 10.2. The second-order valence-corrected chi connectivity index (χ2v) is 8.26. The zero-order valence-electron chi connectivity index (χ0n) is 24.1. The molecule has 0 aliphatic rings. The molecule has 43 heavy (non-hydrogen) atoms. The molecular formula is C22H49N9O12. The number of rotatable bonds is 16. The van der Waals surface area contributed by atoms with Crippen LogP contribution in [0.4, 0.5) is 0 Å². The van der Waals surface area contributed by atoms with E-state index < -0.39 is 60.0 Å². The molecule has 21 nitrogen and oxygen atoms in total. The van der Waals surface area contributed by atoms with E-state index in [-0.39, 0.29) is 25.3 Å². The van der Waals surface area contributed by atoms with Crippen LogP contribution in [-0.4, -0.2) is 116 Å². The van der Waals surface area contributed by atoms with Gasteiger partial charge in [-0.15, -0.1) is 0 Å². The van der Waals surface area contributed by atoms with E-state index in [0.717, 1.165) is 12.8 Å². The van der Waals surface area contributed by atoms with Crippen LogP contribution >= 0.6 is 0 Å². The Morgan fingerprint density at radius 2 is 1.00 bits per heavy atom. The summed E-state index contributed by atoms with van der Waals surface area (Å²) in [4.78, 5) is 59.0. The van der Waals surface area contributed by atoms with Crippen LogP contribution in [0.1, 0.15) is 51.9 Å². The molecule has 0 saturated heterocycles. The van der Waals surface area contributed by atoms with Crippen molar-refractivity contribution in [3.8, 4) is 0 Å². The lowest BCUT2D eigenvalue weighted by Crippen LogP contribution is -2.34. The van der Waals surface area contributed by atoms with E-state index in [9.17, 15) is 28.8 Å². The smallest absolute Gasteiger partial charge is 0.320 e. The van der Waals surface area contributed by atoms with Gasteiger partial charge in [-0.25, -0.2) is 0 Å². The monoisotopic (exact) mass is 631 g/mol. The molecule has 21 heteroatoms. The molecule has 0 bridgehead atoms. The first-order valence-electron chi connectivity index (χ1n) is 12.5. The molecule has 0 fully saturated rings. The van der Waals surface area contributed by atoms with Crippen LogP contribution in [0.15, 0.2) is 0 Å². The number of carboxylic acid groups (broad SMARTS) is 6. The van der Waals surface area contributed by atoms with Gasteiger partial charge in [-0.1, -0.05) is 6.42 Å². The summed E-state index contributed by atoms with van der Waals surface area (Å²) < 4.78 is 0. The van der Waals surface area contributed by atoms with E-state index in [4.69, 9.17) is 70.5 Å². The molecule has 0 aromatic carbocycles. The van der Waals surface area contributed by atoms with Crippen molar-refractivity contribution in [1.82, 2.24) is 5.32 Å². The van der Waals surface area contributed by atoms with Crippen LogP contribution in [0.25, 0.3) is 0 Å². The number of hydrogen-bond acceptors (Lipinski definition) is 13. The van der Waals surface area contributed by atoms with Gasteiger partial charge in [0, 0.05) is 13.0 Å². The van der Waals surface area contributed by atoms with E-state index in [1.165, 1.54) is 6.92 Å². The van der Waals surface area contributed by atoms with Gasteiger partial charge < -0.3 is 76.1 Å². The predicted octanol–water partition coefficient (Wildman–Crippen LogP) is -4.10. The number of nitrogens with one attached hydrogen (secondary N) is 2. The van der Waals surface area contributed by atoms with Gasteiger partial charge in [-0.2, -0.15) is 0 Å². The summed E-state index contributed by atoms with van der Waals surface area (Å²) in [7, 11) is 0. The Morgan fingerprint density at radius 1 is 0.651 bits per heavy atom. The molecule has 0 spiro atoms. The van der Waals surface area contributed by atoms with Gasteiger partial charge >= 0.3 is 35.8 Å². The maximum Gasteiger partial charge on any atom is 0.320 e. The average Bonchev–Trinajstić information content (AvgIpc) is 2.90. The number of nitrogens with two attached hydrogens (primary N) is 7. The number of carbonyl (C=O) groups is 6. The predicted molar refractivity (Wildman–Crippen MR) is 154 cm³/mol. The first-order chi connectivity index (χ1) is 19.7. The summed E-state index contributed by atoms with van der Waals surface area (Å²) in [5.74, 6) is -6.17. The van der Waals surface area contributed by atoms with Crippen molar-refractivity contribution in [2.45, 2.75) is 76.0 Å². The van der Waals surface area contributed by atoms with E-state index in [2.05, 4.69) is 11.1 Å². The maximum atomic E-state index is 10.2. The first kappa shape index (κ1) is 48.6. The Bertz CT molecular complexity index is 817. The largest absolute Gasteiger partial charge is 0.481 e. The zero-order valence-corrected chi connectivity index (χ0v) is 24.1. The summed E-state index contributed by atoms with van der Waals surface area (Å²) in [5.41, 5.74) is 35.0. The van der Waals surface area contributed by atoms with Crippen LogP contribution in [0, 0.1) is 5.41 Å². The van der Waals surface area contributed by atoms with Crippen LogP contribution in [-0.2, 0) is 28.8 Å².